The molecule has 0 atom stereocenters. The van der Waals surface area contributed by atoms with Crippen LogP contribution in [0.2, 0.25) is 0 Å². The van der Waals surface area contributed by atoms with Gasteiger partial charge in [-0.3, -0.25) is 0 Å². The molecule has 10 aromatic carbocycles. The van der Waals surface area contributed by atoms with Gasteiger partial charge in [-0.05, 0) is 107 Å². The number of aromatic nitrogens is 3. The zero-order chi connectivity index (χ0) is 45.9. The summed E-state index contributed by atoms with van der Waals surface area (Å²) in [6, 6.07) is 86.4. The molecule has 5 heteroatoms. The first-order valence-corrected chi connectivity index (χ1v) is 25.4. The van der Waals surface area contributed by atoms with Gasteiger partial charge in [0.1, 0.15) is 0 Å². The van der Waals surface area contributed by atoms with Gasteiger partial charge in [0.25, 0.3) is 0 Å². The van der Waals surface area contributed by atoms with E-state index in [1.54, 1.807) is 0 Å². The molecule has 0 fully saturated rings. The van der Waals surface area contributed by atoms with E-state index >= 15 is 0 Å². The Labute approximate surface area is 411 Å². The number of hydrogen-bond donors (Lipinski definition) is 0. The lowest BCUT2D eigenvalue weighted by molar-refractivity contribution is 1.18. The molecule has 0 radical (unpaired) electrons. The average molecular weight is 926 g/mol. The van der Waals surface area contributed by atoms with E-state index in [4.69, 9.17) is 4.98 Å². The molecular formula is C65H39N3S2. The topological polar surface area (TPSA) is 22.8 Å². The van der Waals surface area contributed by atoms with Gasteiger partial charge in [-0.1, -0.05) is 152 Å². The van der Waals surface area contributed by atoms with E-state index in [9.17, 15) is 0 Å². The standard InChI is InChI=1S/C65H39N3S2/c1-5-28-56-52(24-1)62-58(34-32-50-48-22-3-7-30-60(48)69-64(50)62)67(56)46-20-11-16-42(38-46)40-14-9-18-44(36-40)54-26-13-27-55(66-54)45-19-10-15-41(37-45)43-17-12-21-47(39-43)68-57-29-6-2-25-53(57)63-59(68)35-33-51-49-23-4-8-31-61(49)70-65(51)63/h1-39H. The van der Waals surface area contributed by atoms with Gasteiger partial charge in [-0.15, -0.1) is 22.7 Å². The molecule has 0 saturated heterocycles. The Bertz CT molecular complexity index is 4330. The SMILES string of the molecule is c1cc(-c2cccc(-n3c4ccccc4c4c5sc6ccccc6c5ccc43)c2)cc(-c2cccc(-c3cccc(-c4cccc(-n5c6ccccc6c6c7sc8ccccc8c7ccc65)c4)c3)n2)c1. The maximum absolute atomic E-state index is 5.31. The summed E-state index contributed by atoms with van der Waals surface area (Å²) in [6.45, 7) is 0. The van der Waals surface area contributed by atoms with Gasteiger partial charge >= 0.3 is 0 Å². The lowest BCUT2D eigenvalue weighted by atomic mass is 9.99. The lowest BCUT2D eigenvalue weighted by Crippen LogP contribution is -1.94. The van der Waals surface area contributed by atoms with Crippen LogP contribution in [0.4, 0.5) is 0 Å². The summed E-state index contributed by atoms with van der Waals surface area (Å²) in [5.41, 5.74) is 15.8. The number of fused-ring (bicyclic) bond motifs is 14. The van der Waals surface area contributed by atoms with Gasteiger partial charge in [0, 0.05) is 84.4 Å². The fourth-order valence-electron chi connectivity index (χ4n) is 11.1. The molecule has 0 bridgehead atoms. The first-order chi connectivity index (χ1) is 34.7. The maximum atomic E-state index is 5.31. The van der Waals surface area contributed by atoms with Crippen LogP contribution in [0.1, 0.15) is 0 Å². The zero-order valence-corrected chi connectivity index (χ0v) is 39.3. The number of para-hydroxylation sites is 2. The molecule has 0 unspecified atom stereocenters. The van der Waals surface area contributed by atoms with Gasteiger partial charge in [-0.2, -0.15) is 0 Å². The van der Waals surface area contributed by atoms with Crippen molar-refractivity contribution in [2.45, 2.75) is 0 Å². The first kappa shape index (κ1) is 39.4. The van der Waals surface area contributed by atoms with E-state index in [0.717, 1.165) is 56.1 Å². The lowest BCUT2D eigenvalue weighted by Gasteiger charge is -2.12. The molecule has 0 aliphatic rings. The fourth-order valence-corrected chi connectivity index (χ4v) is 13.7. The van der Waals surface area contributed by atoms with Crippen LogP contribution in [0.5, 0.6) is 0 Å². The maximum Gasteiger partial charge on any atom is 0.0709 e. The van der Waals surface area contributed by atoms with Crippen molar-refractivity contribution in [3.63, 3.8) is 0 Å². The van der Waals surface area contributed by atoms with E-state index in [-0.39, 0.29) is 0 Å². The van der Waals surface area contributed by atoms with Crippen LogP contribution in [-0.2, 0) is 0 Å². The van der Waals surface area contributed by atoms with E-state index in [2.05, 4.69) is 246 Å². The Morgan fingerprint density at radius 1 is 0.271 bits per heavy atom. The van der Waals surface area contributed by atoms with Crippen LogP contribution in [0.25, 0.3) is 140 Å². The number of benzene rings is 10. The molecule has 0 spiro atoms. The Morgan fingerprint density at radius 2 is 0.657 bits per heavy atom. The number of thiophene rings is 2. The highest BCUT2D eigenvalue weighted by molar-refractivity contribution is 7.27. The second-order valence-electron chi connectivity index (χ2n) is 18.2. The van der Waals surface area contributed by atoms with Crippen LogP contribution in [0.15, 0.2) is 237 Å². The van der Waals surface area contributed by atoms with Crippen LogP contribution in [0, 0.1) is 0 Å². The zero-order valence-electron chi connectivity index (χ0n) is 37.7. The predicted molar refractivity (Wildman–Crippen MR) is 300 cm³/mol. The van der Waals surface area contributed by atoms with Crippen molar-refractivity contribution in [1.82, 2.24) is 14.1 Å². The smallest absolute Gasteiger partial charge is 0.0709 e. The van der Waals surface area contributed by atoms with E-state index < -0.39 is 0 Å². The number of pyridine rings is 1. The van der Waals surface area contributed by atoms with E-state index in [1.807, 2.05) is 22.7 Å². The van der Waals surface area contributed by atoms with Crippen molar-refractivity contribution in [2.75, 3.05) is 0 Å². The quantitative estimate of drug-likeness (QED) is 0.163. The summed E-state index contributed by atoms with van der Waals surface area (Å²) in [4.78, 5) is 5.31. The number of hydrogen-bond acceptors (Lipinski definition) is 3. The molecule has 326 valence electrons. The van der Waals surface area contributed by atoms with Crippen LogP contribution >= 0.6 is 22.7 Å². The van der Waals surface area contributed by atoms with Crippen molar-refractivity contribution in [1.29, 1.82) is 0 Å². The van der Waals surface area contributed by atoms with E-state index in [1.165, 1.54) is 84.0 Å². The van der Waals surface area contributed by atoms with Crippen molar-refractivity contribution in [2.24, 2.45) is 0 Å². The van der Waals surface area contributed by atoms with Crippen LogP contribution in [0.3, 0.4) is 0 Å². The second kappa shape index (κ2) is 15.5. The van der Waals surface area contributed by atoms with Crippen molar-refractivity contribution >= 4 is 107 Å². The Kier molecular flexibility index (Phi) is 8.70. The largest absolute Gasteiger partial charge is 0.309 e. The third-order valence-electron chi connectivity index (χ3n) is 14.3. The predicted octanol–water partition coefficient (Wildman–Crippen LogP) is 18.7. The highest BCUT2D eigenvalue weighted by Gasteiger charge is 2.20. The first-order valence-electron chi connectivity index (χ1n) is 23.8. The molecule has 0 saturated carbocycles. The molecule has 0 aliphatic carbocycles. The molecule has 5 heterocycles. The monoisotopic (exact) mass is 925 g/mol. The summed E-state index contributed by atoms with van der Waals surface area (Å²) >= 11 is 3.79. The Morgan fingerprint density at radius 3 is 1.14 bits per heavy atom. The highest BCUT2D eigenvalue weighted by Crippen LogP contribution is 2.45. The van der Waals surface area contributed by atoms with Crippen molar-refractivity contribution < 1.29 is 0 Å². The van der Waals surface area contributed by atoms with Crippen LogP contribution in [-0.4, -0.2) is 14.1 Å². The molecule has 0 N–H and O–H groups in total. The summed E-state index contributed by atoms with van der Waals surface area (Å²) < 4.78 is 10.2. The minimum atomic E-state index is 0.941. The average Bonchev–Trinajstić information content (AvgIpc) is 4.19. The molecule has 15 aromatic rings. The van der Waals surface area contributed by atoms with Crippen LogP contribution < -0.4 is 0 Å². The molecule has 0 aliphatic heterocycles. The number of rotatable bonds is 6. The molecule has 5 aromatic heterocycles. The summed E-state index contributed by atoms with van der Waals surface area (Å²) in [5.74, 6) is 0. The Hall–Kier alpha value is -8.61. The van der Waals surface area contributed by atoms with Crippen molar-refractivity contribution in [3.8, 4) is 56.1 Å². The summed E-state index contributed by atoms with van der Waals surface area (Å²) in [6.07, 6.45) is 0. The van der Waals surface area contributed by atoms with Gasteiger partial charge < -0.3 is 9.13 Å². The number of nitrogens with zero attached hydrogens (tertiary/aromatic N) is 3. The van der Waals surface area contributed by atoms with Gasteiger partial charge in [0.2, 0.25) is 0 Å². The normalized spacial score (nSPS) is 12.0. The minimum absolute atomic E-state index is 0.941. The van der Waals surface area contributed by atoms with E-state index in [0.29, 0.717) is 0 Å². The molecular weight excluding hydrogens is 887 g/mol. The highest BCUT2D eigenvalue weighted by atomic mass is 32.1. The molecule has 15 rings (SSSR count). The summed E-state index contributed by atoms with van der Waals surface area (Å²) in [7, 11) is 0. The van der Waals surface area contributed by atoms with Gasteiger partial charge in [0.05, 0.1) is 33.5 Å². The van der Waals surface area contributed by atoms with Gasteiger partial charge in [-0.25, -0.2) is 4.98 Å². The molecule has 0 amide bonds. The fraction of sp³-hybridized carbons (Fsp3) is 0. The third kappa shape index (κ3) is 6.02. The minimum Gasteiger partial charge on any atom is -0.309 e. The van der Waals surface area contributed by atoms with Crippen molar-refractivity contribution in [3.05, 3.63) is 237 Å². The molecule has 70 heavy (non-hydrogen) atoms. The Balaban J connectivity index is 0.771. The summed E-state index contributed by atoms with van der Waals surface area (Å²) in [5, 5.41) is 10.5. The third-order valence-corrected chi connectivity index (χ3v) is 16.7. The second-order valence-corrected chi connectivity index (χ2v) is 20.3. The molecule has 3 nitrogen and oxygen atoms in total. The van der Waals surface area contributed by atoms with Gasteiger partial charge in [0.15, 0.2) is 0 Å².